The Kier molecular flexibility index (Phi) is 9.13. The first kappa shape index (κ1) is 26.5. The van der Waals surface area contributed by atoms with Crippen molar-refractivity contribution in [2.45, 2.75) is 70.3 Å². The molecule has 9 nitrogen and oxygen atoms in total. The molecule has 3 unspecified atom stereocenters. The van der Waals surface area contributed by atoms with Crippen LogP contribution in [0.5, 0.6) is 0 Å². The van der Waals surface area contributed by atoms with Crippen molar-refractivity contribution in [2.75, 3.05) is 30.9 Å². The Morgan fingerprint density at radius 2 is 1.94 bits per heavy atom. The molecular formula is C24H33F2N5O4. The van der Waals surface area contributed by atoms with Crippen molar-refractivity contribution in [2.24, 2.45) is 0 Å². The smallest absolute Gasteiger partial charge is 0.312 e. The highest BCUT2D eigenvalue weighted by Gasteiger charge is 2.33. The highest BCUT2D eigenvalue weighted by atomic mass is 19.1. The fraction of sp³-hybridized carbons (Fsp3) is 0.583. The van der Waals surface area contributed by atoms with Crippen LogP contribution in [0.3, 0.4) is 0 Å². The zero-order valence-corrected chi connectivity index (χ0v) is 20.4. The molecule has 11 heteroatoms. The SMILES string of the molecule is CC1CCN1c1cc(F)c(C2CCC(=O)NC2=O)c(F)c1.CCCC(CCOC)c1nnc(N)o1. The van der Waals surface area contributed by atoms with Gasteiger partial charge in [-0.15, -0.1) is 5.10 Å². The molecule has 2 amide bonds. The molecule has 3 heterocycles. The molecule has 0 radical (unpaired) electrons. The molecule has 0 aliphatic carbocycles. The van der Waals surface area contributed by atoms with Crippen LogP contribution in [-0.4, -0.2) is 48.3 Å². The number of carbonyl (C=O) groups excluding carboxylic acids is 2. The van der Waals surface area contributed by atoms with Gasteiger partial charge in [0.1, 0.15) is 11.6 Å². The van der Waals surface area contributed by atoms with E-state index < -0.39 is 29.4 Å². The van der Waals surface area contributed by atoms with E-state index in [-0.39, 0.29) is 36.4 Å². The third-order valence-electron chi connectivity index (χ3n) is 6.42. The fourth-order valence-corrected chi connectivity index (χ4v) is 4.35. The van der Waals surface area contributed by atoms with Gasteiger partial charge in [0.15, 0.2) is 0 Å². The van der Waals surface area contributed by atoms with E-state index in [4.69, 9.17) is 14.9 Å². The predicted molar refractivity (Wildman–Crippen MR) is 126 cm³/mol. The summed E-state index contributed by atoms with van der Waals surface area (Å²) >= 11 is 0. The molecule has 2 saturated heterocycles. The van der Waals surface area contributed by atoms with Crippen LogP contribution < -0.4 is 16.0 Å². The number of nitrogens with one attached hydrogen (secondary N) is 1. The molecule has 0 saturated carbocycles. The molecule has 3 N–H and O–H groups in total. The minimum Gasteiger partial charge on any atom is -0.408 e. The third kappa shape index (κ3) is 6.53. The normalized spacial score (nSPS) is 20.5. The Morgan fingerprint density at radius 1 is 1.23 bits per heavy atom. The summed E-state index contributed by atoms with van der Waals surface area (Å²) in [6.45, 7) is 5.59. The molecule has 0 spiro atoms. The second-order valence-electron chi connectivity index (χ2n) is 8.90. The maximum atomic E-state index is 14.3. The second kappa shape index (κ2) is 12.1. The molecule has 192 valence electrons. The number of hydrogen-bond donors (Lipinski definition) is 2. The van der Waals surface area contributed by atoms with Crippen LogP contribution in [0.15, 0.2) is 16.5 Å². The van der Waals surface area contributed by atoms with Crippen LogP contribution in [0, 0.1) is 11.6 Å². The first-order valence-corrected chi connectivity index (χ1v) is 11.9. The van der Waals surface area contributed by atoms with Crippen molar-refractivity contribution >= 4 is 23.5 Å². The van der Waals surface area contributed by atoms with Crippen LogP contribution >= 0.6 is 0 Å². The summed E-state index contributed by atoms with van der Waals surface area (Å²) in [6.07, 6.45) is 4.23. The number of imide groups is 1. The van der Waals surface area contributed by atoms with Crippen molar-refractivity contribution in [1.29, 1.82) is 0 Å². The van der Waals surface area contributed by atoms with Gasteiger partial charge in [-0.3, -0.25) is 14.9 Å². The van der Waals surface area contributed by atoms with E-state index in [0.29, 0.717) is 18.2 Å². The van der Waals surface area contributed by atoms with Crippen molar-refractivity contribution in [3.8, 4) is 0 Å². The lowest BCUT2D eigenvalue weighted by Gasteiger charge is -2.41. The monoisotopic (exact) mass is 493 g/mol. The van der Waals surface area contributed by atoms with Crippen LogP contribution in [0.4, 0.5) is 20.5 Å². The topological polar surface area (TPSA) is 124 Å². The summed E-state index contributed by atoms with van der Waals surface area (Å²) in [5.41, 5.74) is 5.63. The molecule has 2 aliphatic rings. The number of anilines is 2. The highest BCUT2D eigenvalue weighted by molar-refractivity contribution is 6.01. The standard InChI is InChI=1S/C15H16F2N2O2.C9H17N3O2/c1-8-4-5-19(8)9-6-11(16)14(12(17)7-9)10-2-3-13(20)18-15(10)21;1-3-4-7(5-6-13-2)8-11-12-9(10)14-8/h6-8,10H,2-5H2,1H3,(H,18,20,21);7H,3-6H2,1-2H3,(H2,10,12). The molecule has 2 fully saturated rings. The third-order valence-corrected chi connectivity index (χ3v) is 6.42. The van der Waals surface area contributed by atoms with Crippen LogP contribution in [0.1, 0.15) is 75.7 Å². The van der Waals surface area contributed by atoms with Gasteiger partial charge >= 0.3 is 6.01 Å². The number of amides is 2. The molecule has 35 heavy (non-hydrogen) atoms. The fourth-order valence-electron chi connectivity index (χ4n) is 4.35. The van der Waals surface area contributed by atoms with Crippen molar-refractivity contribution in [1.82, 2.24) is 15.5 Å². The van der Waals surface area contributed by atoms with Gasteiger partial charge in [0, 0.05) is 49.9 Å². The van der Waals surface area contributed by atoms with Gasteiger partial charge in [0.2, 0.25) is 17.7 Å². The molecule has 0 bridgehead atoms. The van der Waals surface area contributed by atoms with Gasteiger partial charge in [-0.1, -0.05) is 18.4 Å². The predicted octanol–water partition coefficient (Wildman–Crippen LogP) is 3.66. The summed E-state index contributed by atoms with van der Waals surface area (Å²) < 4.78 is 38.8. The molecular weight excluding hydrogens is 460 g/mol. The number of nitrogens with zero attached hydrogens (tertiary/aromatic N) is 3. The highest BCUT2D eigenvalue weighted by Crippen LogP contribution is 2.34. The quantitative estimate of drug-likeness (QED) is 0.534. The van der Waals surface area contributed by atoms with E-state index in [1.165, 1.54) is 12.1 Å². The van der Waals surface area contributed by atoms with Gasteiger partial charge in [-0.05, 0) is 44.7 Å². The zero-order valence-electron chi connectivity index (χ0n) is 20.4. The molecule has 3 atom stereocenters. The first-order valence-electron chi connectivity index (χ1n) is 11.9. The van der Waals surface area contributed by atoms with E-state index in [9.17, 15) is 18.4 Å². The number of hydrogen-bond acceptors (Lipinski definition) is 8. The maximum absolute atomic E-state index is 14.3. The van der Waals surface area contributed by atoms with Crippen LogP contribution in [0.2, 0.25) is 0 Å². The minimum atomic E-state index is -0.939. The van der Waals surface area contributed by atoms with Gasteiger partial charge in [-0.25, -0.2) is 8.78 Å². The van der Waals surface area contributed by atoms with Crippen molar-refractivity contribution in [3.63, 3.8) is 0 Å². The Hall–Kier alpha value is -3.08. The Bertz CT molecular complexity index is 1010. The molecule has 2 aromatic rings. The summed E-state index contributed by atoms with van der Waals surface area (Å²) in [5.74, 6) is -2.52. The first-order chi connectivity index (χ1) is 16.7. The van der Waals surface area contributed by atoms with E-state index >= 15 is 0 Å². The number of nitrogens with two attached hydrogens (primary N) is 1. The number of halogens is 2. The summed E-state index contributed by atoms with van der Waals surface area (Å²) in [5, 5.41) is 9.67. The zero-order chi connectivity index (χ0) is 25.5. The number of nitrogen functional groups attached to an aromatic ring is 1. The molecule has 4 rings (SSSR count). The van der Waals surface area contributed by atoms with Gasteiger partial charge in [0.05, 0.1) is 5.92 Å². The van der Waals surface area contributed by atoms with E-state index in [1.807, 2.05) is 11.8 Å². The Balaban J connectivity index is 0.000000214. The number of aromatic nitrogens is 2. The lowest BCUT2D eigenvalue weighted by Crippen LogP contribution is -2.46. The molecule has 2 aliphatic heterocycles. The molecule has 1 aromatic carbocycles. The van der Waals surface area contributed by atoms with Crippen LogP contribution in [0.25, 0.3) is 0 Å². The molecule has 1 aromatic heterocycles. The average molecular weight is 494 g/mol. The second-order valence-corrected chi connectivity index (χ2v) is 8.90. The van der Waals surface area contributed by atoms with Gasteiger partial charge in [0.25, 0.3) is 0 Å². The van der Waals surface area contributed by atoms with Gasteiger partial charge < -0.3 is 19.8 Å². The summed E-state index contributed by atoms with van der Waals surface area (Å²) in [6, 6.07) is 2.96. The average Bonchev–Trinajstić information content (AvgIpc) is 3.23. The van der Waals surface area contributed by atoms with E-state index in [1.54, 1.807) is 7.11 Å². The minimum absolute atomic E-state index is 0.0974. The lowest BCUT2D eigenvalue weighted by atomic mass is 9.89. The van der Waals surface area contributed by atoms with Crippen LogP contribution in [-0.2, 0) is 14.3 Å². The van der Waals surface area contributed by atoms with Crippen molar-refractivity contribution in [3.05, 3.63) is 35.2 Å². The Morgan fingerprint density at radius 3 is 2.43 bits per heavy atom. The number of ether oxygens (including phenoxy) is 1. The number of methoxy groups -OCH3 is 1. The number of rotatable bonds is 8. The number of carbonyl (C=O) groups is 2. The largest absolute Gasteiger partial charge is 0.408 e. The number of piperidine rings is 1. The number of benzene rings is 1. The van der Waals surface area contributed by atoms with Crippen molar-refractivity contribution < 1.29 is 27.5 Å². The van der Waals surface area contributed by atoms with E-state index in [0.717, 1.165) is 32.2 Å². The maximum Gasteiger partial charge on any atom is 0.312 e. The summed E-state index contributed by atoms with van der Waals surface area (Å²) in [4.78, 5) is 24.8. The van der Waals surface area contributed by atoms with E-state index in [2.05, 4.69) is 22.4 Å². The van der Waals surface area contributed by atoms with Gasteiger partial charge in [-0.2, -0.15) is 0 Å². The lowest BCUT2D eigenvalue weighted by molar-refractivity contribution is -0.134. The Labute approximate surface area is 203 Å². The summed E-state index contributed by atoms with van der Waals surface area (Å²) in [7, 11) is 1.69.